The lowest BCUT2D eigenvalue weighted by Crippen LogP contribution is -2.35. The Hall–Kier alpha value is -3.34. The number of methoxy groups -OCH3 is 1. The molecule has 0 atom stereocenters. The molecule has 0 saturated heterocycles. The fourth-order valence-electron chi connectivity index (χ4n) is 3.02. The van der Waals surface area contributed by atoms with E-state index in [0.29, 0.717) is 18.7 Å². The minimum absolute atomic E-state index is 0.0844. The molecule has 3 rings (SSSR count). The van der Waals surface area contributed by atoms with Crippen LogP contribution in [0.1, 0.15) is 22.3 Å². The van der Waals surface area contributed by atoms with Gasteiger partial charge in [0.05, 0.1) is 13.5 Å². The van der Waals surface area contributed by atoms with Crippen molar-refractivity contribution < 1.29 is 14.3 Å². The van der Waals surface area contributed by atoms with E-state index < -0.39 is 0 Å². The smallest absolute Gasteiger partial charge is 0.307 e. The van der Waals surface area contributed by atoms with Crippen LogP contribution >= 0.6 is 0 Å². The van der Waals surface area contributed by atoms with Gasteiger partial charge in [0, 0.05) is 36.7 Å². The van der Waals surface area contributed by atoms with E-state index in [2.05, 4.69) is 0 Å². The third-order valence-electron chi connectivity index (χ3n) is 4.63. The van der Waals surface area contributed by atoms with Gasteiger partial charge in [-0.15, -0.1) is 0 Å². The van der Waals surface area contributed by atoms with Gasteiger partial charge in [0.25, 0.3) is 5.91 Å². The minimum atomic E-state index is -0.319. The van der Waals surface area contributed by atoms with Crippen LogP contribution in [0.2, 0.25) is 0 Å². The fraction of sp³-hybridized carbons (Fsp3) is 0.217. The van der Waals surface area contributed by atoms with Gasteiger partial charge < -0.3 is 14.2 Å². The van der Waals surface area contributed by atoms with Gasteiger partial charge >= 0.3 is 5.97 Å². The molecule has 144 valence electrons. The Bertz CT molecular complexity index is 887. The van der Waals surface area contributed by atoms with Crippen molar-refractivity contribution in [1.29, 1.82) is 0 Å². The standard InChI is InChI=1S/C23H24N2O3/c1-28-22(26)14-18-25(17-13-19-7-3-2-4-8-19)23(27)20-9-11-21(12-10-20)24-15-5-6-16-24/h2-12,15-16H,13-14,17-18H2,1H3. The fourth-order valence-corrected chi connectivity index (χ4v) is 3.02. The topological polar surface area (TPSA) is 51.5 Å². The van der Waals surface area contributed by atoms with Crippen molar-refractivity contribution >= 4 is 11.9 Å². The molecule has 1 amide bonds. The molecule has 0 N–H and O–H groups in total. The highest BCUT2D eigenvalue weighted by Gasteiger charge is 2.17. The van der Waals surface area contributed by atoms with E-state index >= 15 is 0 Å². The Morgan fingerprint density at radius 3 is 2.21 bits per heavy atom. The number of benzene rings is 2. The summed E-state index contributed by atoms with van der Waals surface area (Å²) in [5.41, 5.74) is 2.75. The Labute approximate surface area is 165 Å². The van der Waals surface area contributed by atoms with Gasteiger partial charge in [-0.2, -0.15) is 0 Å². The number of ether oxygens (including phenoxy) is 1. The summed E-state index contributed by atoms with van der Waals surface area (Å²) >= 11 is 0. The number of amides is 1. The maximum absolute atomic E-state index is 13.0. The zero-order valence-corrected chi connectivity index (χ0v) is 16.0. The highest BCUT2D eigenvalue weighted by atomic mass is 16.5. The molecule has 5 heteroatoms. The molecule has 28 heavy (non-hydrogen) atoms. The van der Waals surface area contributed by atoms with Gasteiger partial charge in [-0.3, -0.25) is 9.59 Å². The summed E-state index contributed by atoms with van der Waals surface area (Å²) in [5, 5.41) is 0. The van der Waals surface area contributed by atoms with Crippen LogP contribution in [0, 0.1) is 0 Å². The van der Waals surface area contributed by atoms with Crippen molar-refractivity contribution in [3.8, 4) is 5.69 Å². The number of hydrogen-bond donors (Lipinski definition) is 0. The van der Waals surface area contributed by atoms with Gasteiger partial charge in [-0.25, -0.2) is 0 Å². The van der Waals surface area contributed by atoms with E-state index in [4.69, 9.17) is 4.74 Å². The summed E-state index contributed by atoms with van der Waals surface area (Å²) in [5.74, 6) is -0.403. The predicted molar refractivity (Wildman–Crippen MR) is 108 cm³/mol. The molecule has 0 bridgehead atoms. The average molecular weight is 376 g/mol. The second kappa shape index (κ2) is 9.55. The van der Waals surface area contributed by atoms with Gasteiger partial charge in [-0.05, 0) is 48.4 Å². The SMILES string of the molecule is COC(=O)CCN(CCc1ccccc1)C(=O)c1ccc(-n2cccc2)cc1. The Morgan fingerprint density at radius 1 is 0.893 bits per heavy atom. The first-order valence-corrected chi connectivity index (χ1v) is 9.31. The molecule has 0 aliphatic heterocycles. The molecule has 0 spiro atoms. The van der Waals surface area contributed by atoms with E-state index in [1.165, 1.54) is 7.11 Å². The van der Waals surface area contributed by atoms with Crippen LogP contribution < -0.4 is 0 Å². The molecule has 0 radical (unpaired) electrons. The molecule has 0 aliphatic rings. The van der Waals surface area contributed by atoms with E-state index in [1.807, 2.05) is 83.7 Å². The zero-order chi connectivity index (χ0) is 19.8. The van der Waals surface area contributed by atoms with Crippen LogP contribution in [0.3, 0.4) is 0 Å². The molecule has 3 aromatic rings. The molecule has 0 saturated carbocycles. The lowest BCUT2D eigenvalue weighted by Gasteiger charge is -2.22. The summed E-state index contributed by atoms with van der Waals surface area (Å²) < 4.78 is 6.71. The van der Waals surface area contributed by atoms with E-state index in [-0.39, 0.29) is 18.3 Å². The van der Waals surface area contributed by atoms with Crippen molar-refractivity contribution in [2.24, 2.45) is 0 Å². The maximum atomic E-state index is 13.0. The average Bonchev–Trinajstić information content (AvgIpc) is 3.29. The van der Waals surface area contributed by atoms with Gasteiger partial charge in [0.15, 0.2) is 0 Å². The third kappa shape index (κ3) is 5.10. The lowest BCUT2D eigenvalue weighted by molar-refractivity contribution is -0.140. The van der Waals surface area contributed by atoms with Crippen molar-refractivity contribution in [1.82, 2.24) is 9.47 Å². The Morgan fingerprint density at radius 2 is 1.57 bits per heavy atom. The summed E-state index contributed by atoms with van der Waals surface area (Å²) in [7, 11) is 1.36. The van der Waals surface area contributed by atoms with Crippen molar-refractivity contribution in [2.45, 2.75) is 12.8 Å². The van der Waals surface area contributed by atoms with Crippen LogP contribution in [-0.4, -0.2) is 41.5 Å². The monoisotopic (exact) mass is 376 g/mol. The number of carbonyl (C=O) groups excluding carboxylic acids is 2. The largest absolute Gasteiger partial charge is 0.469 e. The van der Waals surface area contributed by atoms with Gasteiger partial charge in [-0.1, -0.05) is 30.3 Å². The zero-order valence-electron chi connectivity index (χ0n) is 16.0. The number of nitrogens with zero attached hydrogens (tertiary/aromatic N) is 2. The molecule has 2 aromatic carbocycles. The number of carbonyl (C=O) groups is 2. The molecule has 5 nitrogen and oxygen atoms in total. The Kier molecular flexibility index (Phi) is 6.63. The van der Waals surface area contributed by atoms with Crippen molar-refractivity contribution in [3.63, 3.8) is 0 Å². The summed E-state index contributed by atoms with van der Waals surface area (Å²) in [4.78, 5) is 26.3. The van der Waals surface area contributed by atoms with E-state index in [9.17, 15) is 9.59 Å². The first-order valence-electron chi connectivity index (χ1n) is 9.31. The van der Waals surface area contributed by atoms with Crippen molar-refractivity contribution in [2.75, 3.05) is 20.2 Å². The van der Waals surface area contributed by atoms with E-state index in [1.54, 1.807) is 4.90 Å². The minimum Gasteiger partial charge on any atom is -0.469 e. The molecular weight excluding hydrogens is 352 g/mol. The molecule has 1 aromatic heterocycles. The molecule has 1 heterocycles. The number of esters is 1. The van der Waals surface area contributed by atoms with Crippen LogP contribution in [0.5, 0.6) is 0 Å². The Balaban J connectivity index is 1.71. The quantitative estimate of drug-likeness (QED) is 0.563. The normalized spacial score (nSPS) is 10.5. The number of rotatable bonds is 8. The van der Waals surface area contributed by atoms with E-state index in [0.717, 1.165) is 17.7 Å². The van der Waals surface area contributed by atoms with Crippen LogP contribution in [-0.2, 0) is 16.0 Å². The molecular formula is C23H24N2O3. The van der Waals surface area contributed by atoms with Crippen LogP contribution in [0.15, 0.2) is 79.1 Å². The van der Waals surface area contributed by atoms with Gasteiger partial charge in [0.2, 0.25) is 0 Å². The van der Waals surface area contributed by atoms with Gasteiger partial charge in [0.1, 0.15) is 0 Å². The summed E-state index contributed by atoms with van der Waals surface area (Å²) in [6.45, 7) is 0.872. The van der Waals surface area contributed by atoms with Crippen molar-refractivity contribution in [3.05, 3.63) is 90.3 Å². The van der Waals surface area contributed by atoms with Crippen LogP contribution in [0.25, 0.3) is 5.69 Å². The number of aromatic nitrogens is 1. The summed E-state index contributed by atoms with van der Waals surface area (Å²) in [6.07, 6.45) is 4.83. The summed E-state index contributed by atoms with van der Waals surface area (Å²) in [6, 6.07) is 21.4. The second-order valence-corrected chi connectivity index (χ2v) is 6.49. The molecule has 0 fully saturated rings. The molecule has 0 aliphatic carbocycles. The molecule has 0 unspecified atom stereocenters. The maximum Gasteiger partial charge on any atom is 0.307 e. The number of hydrogen-bond acceptors (Lipinski definition) is 3. The third-order valence-corrected chi connectivity index (χ3v) is 4.63. The predicted octanol–water partition coefficient (Wildman–Crippen LogP) is 3.73. The first-order chi connectivity index (χ1) is 13.7. The highest BCUT2D eigenvalue weighted by molar-refractivity contribution is 5.94. The second-order valence-electron chi connectivity index (χ2n) is 6.49. The first kappa shape index (κ1) is 19.4. The van der Waals surface area contributed by atoms with Crippen LogP contribution in [0.4, 0.5) is 0 Å². The lowest BCUT2D eigenvalue weighted by atomic mass is 10.1. The highest BCUT2D eigenvalue weighted by Crippen LogP contribution is 2.13.